The van der Waals surface area contributed by atoms with Crippen LogP contribution in [0.1, 0.15) is 11.1 Å². The molecule has 2 aromatic carbocycles. The lowest BCUT2D eigenvalue weighted by Gasteiger charge is -2.04. The Kier molecular flexibility index (Phi) is 2.73. The summed E-state index contributed by atoms with van der Waals surface area (Å²) < 4.78 is 1.14. The largest absolute Gasteiger partial charge is 0.353 e. The normalized spacial score (nSPS) is 11.8. The van der Waals surface area contributed by atoms with Crippen molar-refractivity contribution in [3.63, 3.8) is 0 Å². The minimum absolute atomic E-state index is 0.997. The van der Waals surface area contributed by atoms with Gasteiger partial charge in [0.25, 0.3) is 0 Å². The number of nitrogens with one attached hydrogen (secondary N) is 1. The zero-order valence-electron chi connectivity index (χ0n) is 9.03. The molecule has 0 aliphatic heterocycles. The molecule has 0 radical (unpaired) electrons. The third-order valence-electron chi connectivity index (χ3n) is 3.07. The van der Waals surface area contributed by atoms with Crippen LogP contribution >= 0.6 is 28.1 Å². The molecule has 17 heavy (non-hydrogen) atoms. The monoisotopic (exact) mass is 303 g/mol. The summed E-state index contributed by atoms with van der Waals surface area (Å²) >= 11 is 8.32. The molecule has 1 nitrogen and oxygen atoms in total. The quantitative estimate of drug-likeness (QED) is 0.705. The van der Waals surface area contributed by atoms with Crippen molar-refractivity contribution >= 4 is 39.3 Å². The maximum Gasteiger partial charge on any atom is 0.0658 e. The van der Waals surface area contributed by atoms with Gasteiger partial charge in [0.1, 0.15) is 0 Å². The van der Waals surface area contributed by atoms with E-state index in [1.807, 2.05) is 0 Å². The summed E-state index contributed by atoms with van der Waals surface area (Å²) in [6.45, 7) is 0. The van der Waals surface area contributed by atoms with Crippen LogP contribution in [-0.2, 0) is 6.42 Å². The number of fused-ring (bicyclic) bond motifs is 3. The molecule has 0 spiro atoms. The van der Waals surface area contributed by atoms with Gasteiger partial charge in [0.2, 0.25) is 0 Å². The standard InChI is InChI=1S/C14H10BrNS/c15-11-1-3-13-9(6-11)5-10-7-12(16-8-17)2-4-14(10)13/h1-4,6-8H,5H2,(H,16,17). The van der Waals surface area contributed by atoms with Gasteiger partial charge in [0.15, 0.2) is 0 Å². The predicted octanol–water partition coefficient (Wildman–Crippen LogP) is 4.39. The topological polar surface area (TPSA) is 12.0 Å². The maximum atomic E-state index is 4.81. The van der Waals surface area contributed by atoms with Gasteiger partial charge in [-0.3, -0.25) is 0 Å². The fraction of sp³-hybridized carbons (Fsp3) is 0.0714. The average Bonchev–Trinajstić information content (AvgIpc) is 2.65. The first kappa shape index (κ1) is 10.9. The van der Waals surface area contributed by atoms with Crippen molar-refractivity contribution in [2.24, 2.45) is 0 Å². The summed E-state index contributed by atoms with van der Waals surface area (Å²) in [5, 5.41) is 3.06. The van der Waals surface area contributed by atoms with E-state index in [4.69, 9.17) is 12.2 Å². The van der Waals surface area contributed by atoms with Gasteiger partial charge in [0, 0.05) is 10.2 Å². The number of rotatable bonds is 2. The lowest BCUT2D eigenvalue weighted by Crippen LogP contribution is -1.92. The fourth-order valence-electron chi connectivity index (χ4n) is 2.34. The van der Waals surface area contributed by atoms with E-state index in [2.05, 4.69) is 57.6 Å². The fourth-order valence-corrected chi connectivity index (χ4v) is 2.88. The summed E-state index contributed by atoms with van der Waals surface area (Å²) in [4.78, 5) is 0. The molecule has 0 aromatic heterocycles. The average molecular weight is 304 g/mol. The van der Waals surface area contributed by atoms with E-state index >= 15 is 0 Å². The summed E-state index contributed by atoms with van der Waals surface area (Å²) in [5.41, 5.74) is 8.03. The van der Waals surface area contributed by atoms with Crippen LogP contribution in [0.25, 0.3) is 11.1 Å². The van der Waals surface area contributed by atoms with Crippen molar-refractivity contribution in [2.45, 2.75) is 6.42 Å². The smallest absolute Gasteiger partial charge is 0.0658 e. The summed E-state index contributed by atoms with van der Waals surface area (Å²) in [7, 11) is 0. The van der Waals surface area contributed by atoms with Crippen LogP contribution < -0.4 is 5.32 Å². The highest BCUT2D eigenvalue weighted by Gasteiger charge is 2.18. The first-order chi connectivity index (χ1) is 8.28. The molecule has 1 aliphatic rings. The predicted molar refractivity (Wildman–Crippen MR) is 79.7 cm³/mol. The Bertz CT molecular complexity index is 607. The Balaban J connectivity index is 2.09. The molecule has 1 aliphatic carbocycles. The van der Waals surface area contributed by atoms with Crippen molar-refractivity contribution in [3.8, 4) is 11.1 Å². The molecule has 0 heterocycles. The van der Waals surface area contributed by atoms with Crippen molar-refractivity contribution < 1.29 is 0 Å². The molecule has 0 amide bonds. The van der Waals surface area contributed by atoms with Crippen LogP contribution in [0.3, 0.4) is 0 Å². The first-order valence-corrected chi connectivity index (χ1v) is 6.66. The van der Waals surface area contributed by atoms with Gasteiger partial charge in [0.05, 0.1) is 5.49 Å². The lowest BCUT2D eigenvalue weighted by molar-refractivity contribution is 1.26. The second kappa shape index (κ2) is 4.24. The highest BCUT2D eigenvalue weighted by atomic mass is 79.9. The van der Waals surface area contributed by atoms with Gasteiger partial charge in [-0.1, -0.05) is 40.3 Å². The minimum atomic E-state index is 0.997. The first-order valence-electron chi connectivity index (χ1n) is 5.40. The zero-order valence-corrected chi connectivity index (χ0v) is 11.4. The van der Waals surface area contributed by atoms with Gasteiger partial charge in [-0.25, -0.2) is 0 Å². The van der Waals surface area contributed by atoms with Crippen molar-refractivity contribution in [1.82, 2.24) is 0 Å². The molecule has 2 aromatic rings. The van der Waals surface area contributed by atoms with Gasteiger partial charge in [-0.2, -0.15) is 0 Å². The Morgan fingerprint density at radius 1 is 1.06 bits per heavy atom. The Labute approximate surface area is 114 Å². The van der Waals surface area contributed by atoms with E-state index < -0.39 is 0 Å². The third kappa shape index (κ3) is 1.90. The van der Waals surface area contributed by atoms with E-state index in [1.165, 1.54) is 22.3 Å². The minimum Gasteiger partial charge on any atom is -0.353 e. The zero-order chi connectivity index (χ0) is 11.8. The van der Waals surface area contributed by atoms with E-state index in [0.717, 1.165) is 16.6 Å². The molecule has 0 saturated heterocycles. The Morgan fingerprint density at radius 2 is 1.76 bits per heavy atom. The molecule has 3 heteroatoms. The maximum absolute atomic E-state index is 4.81. The molecular formula is C14H10BrNS. The molecule has 0 fully saturated rings. The van der Waals surface area contributed by atoms with Gasteiger partial charge in [-0.05, 0) is 52.9 Å². The number of benzene rings is 2. The number of hydrogen-bond donors (Lipinski definition) is 1. The van der Waals surface area contributed by atoms with Crippen LogP contribution in [0.15, 0.2) is 40.9 Å². The van der Waals surface area contributed by atoms with Gasteiger partial charge < -0.3 is 5.32 Å². The molecule has 0 saturated carbocycles. The van der Waals surface area contributed by atoms with E-state index in [1.54, 1.807) is 5.49 Å². The Morgan fingerprint density at radius 3 is 2.53 bits per heavy atom. The molecule has 0 unspecified atom stereocenters. The number of anilines is 1. The molecule has 3 rings (SSSR count). The highest BCUT2D eigenvalue weighted by molar-refractivity contribution is 9.10. The second-order valence-corrected chi connectivity index (χ2v) is 5.26. The van der Waals surface area contributed by atoms with Crippen molar-refractivity contribution in [1.29, 1.82) is 0 Å². The van der Waals surface area contributed by atoms with E-state index in [9.17, 15) is 0 Å². The molecular weight excluding hydrogens is 294 g/mol. The van der Waals surface area contributed by atoms with Crippen LogP contribution in [0, 0.1) is 0 Å². The van der Waals surface area contributed by atoms with Crippen LogP contribution in [0.2, 0.25) is 0 Å². The van der Waals surface area contributed by atoms with Gasteiger partial charge in [-0.15, -0.1) is 0 Å². The lowest BCUT2D eigenvalue weighted by atomic mass is 10.1. The van der Waals surface area contributed by atoms with E-state index in [-0.39, 0.29) is 0 Å². The van der Waals surface area contributed by atoms with Crippen LogP contribution in [0.4, 0.5) is 5.69 Å². The molecule has 0 atom stereocenters. The summed E-state index contributed by atoms with van der Waals surface area (Å²) in [5.74, 6) is 0. The number of halogens is 1. The Hall–Kier alpha value is -1.19. The number of thiocarbonyl (C=S) groups is 1. The summed E-state index contributed by atoms with van der Waals surface area (Å²) in [6.07, 6.45) is 0.997. The summed E-state index contributed by atoms with van der Waals surface area (Å²) in [6, 6.07) is 12.9. The molecule has 84 valence electrons. The molecule has 0 bridgehead atoms. The highest BCUT2D eigenvalue weighted by Crippen LogP contribution is 2.38. The third-order valence-corrected chi connectivity index (χ3v) is 3.68. The SMILES string of the molecule is S=CNc1ccc2c(c1)Cc1cc(Br)ccc1-2. The van der Waals surface area contributed by atoms with Crippen molar-refractivity contribution in [3.05, 3.63) is 52.0 Å². The van der Waals surface area contributed by atoms with Crippen molar-refractivity contribution in [2.75, 3.05) is 5.32 Å². The van der Waals surface area contributed by atoms with Crippen LogP contribution in [-0.4, -0.2) is 5.49 Å². The van der Waals surface area contributed by atoms with Crippen LogP contribution in [0.5, 0.6) is 0 Å². The molecule has 1 N–H and O–H groups in total. The second-order valence-electron chi connectivity index (χ2n) is 4.11. The number of hydrogen-bond acceptors (Lipinski definition) is 1. The van der Waals surface area contributed by atoms with Gasteiger partial charge >= 0.3 is 0 Å². The van der Waals surface area contributed by atoms with E-state index in [0.29, 0.717) is 0 Å².